The van der Waals surface area contributed by atoms with Crippen LogP contribution in [0.4, 0.5) is 5.82 Å². The zero-order valence-electron chi connectivity index (χ0n) is 20.5. The first-order chi connectivity index (χ1) is 17.3. The molecule has 3 aromatic rings. The van der Waals surface area contributed by atoms with Crippen LogP contribution in [0, 0.1) is 6.92 Å². The first kappa shape index (κ1) is 24.6. The van der Waals surface area contributed by atoms with Crippen molar-refractivity contribution < 1.29 is 38.2 Å². The molecule has 1 aromatic heterocycles. The minimum absolute atomic E-state index is 0.124. The van der Waals surface area contributed by atoms with Gasteiger partial charge in [0, 0.05) is 11.6 Å². The van der Waals surface area contributed by atoms with E-state index in [2.05, 4.69) is 5.16 Å². The molecule has 2 heterocycles. The van der Waals surface area contributed by atoms with Crippen LogP contribution in [-0.2, 0) is 9.59 Å². The van der Waals surface area contributed by atoms with E-state index in [-0.39, 0.29) is 17.2 Å². The van der Waals surface area contributed by atoms with Gasteiger partial charge in [0.1, 0.15) is 17.3 Å². The Kier molecular flexibility index (Phi) is 6.86. The number of aliphatic hydroxyl groups is 1. The number of rotatable bonds is 8. The van der Waals surface area contributed by atoms with Crippen LogP contribution in [0.3, 0.4) is 0 Å². The predicted octanol–water partition coefficient (Wildman–Crippen LogP) is 4.03. The Labute approximate surface area is 207 Å². The number of amides is 1. The van der Waals surface area contributed by atoms with Crippen LogP contribution in [0.25, 0.3) is 5.76 Å². The summed E-state index contributed by atoms with van der Waals surface area (Å²) < 4.78 is 27.0. The summed E-state index contributed by atoms with van der Waals surface area (Å²) in [5, 5.41) is 15.2. The fraction of sp³-hybridized carbons (Fsp3) is 0.269. The van der Waals surface area contributed by atoms with Gasteiger partial charge in [-0.15, -0.1) is 0 Å². The van der Waals surface area contributed by atoms with Crippen LogP contribution in [0.2, 0.25) is 0 Å². The molecule has 0 unspecified atom stereocenters. The van der Waals surface area contributed by atoms with Crippen LogP contribution in [-0.4, -0.2) is 49.9 Å². The molecule has 0 saturated carbocycles. The van der Waals surface area contributed by atoms with E-state index in [4.69, 9.17) is 23.5 Å². The van der Waals surface area contributed by atoms with E-state index in [1.54, 1.807) is 43.3 Å². The molecule has 0 spiro atoms. The van der Waals surface area contributed by atoms with Gasteiger partial charge < -0.3 is 28.6 Å². The molecule has 1 aliphatic heterocycles. The van der Waals surface area contributed by atoms with Crippen molar-refractivity contribution in [2.24, 2.45) is 0 Å². The Balaban J connectivity index is 1.96. The second kappa shape index (κ2) is 10.0. The Bertz CT molecular complexity index is 1300. The molecule has 188 valence electrons. The number of hydrogen-bond acceptors (Lipinski definition) is 9. The van der Waals surface area contributed by atoms with Crippen molar-refractivity contribution in [3.05, 3.63) is 64.9 Å². The van der Waals surface area contributed by atoms with Gasteiger partial charge in [-0.3, -0.25) is 14.5 Å². The fourth-order valence-electron chi connectivity index (χ4n) is 4.14. The molecule has 36 heavy (non-hydrogen) atoms. The van der Waals surface area contributed by atoms with Crippen molar-refractivity contribution in [1.29, 1.82) is 0 Å². The number of ketones is 1. The second-order valence-electron chi connectivity index (χ2n) is 7.88. The molecule has 1 atom stereocenters. The first-order valence-electron chi connectivity index (χ1n) is 11.1. The molecule has 1 saturated heterocycles. The number of ether oxygens (including phenoxy) is 4. The summed E-state index contributed by atoms with van der Waals surface area (Å²) in [6.45, 7) is 4.01. The Morgan fingerprint density at radius 2 is 1.67 bits per heavy atom. The van der Waals surface area contributed by atoms with Gasteiger partial charge in [0.05, 0.1) is 39.6 Å². The maximum Gasteiger partial charge on any atom is 0.301 e. The summed E-state index contributed by atoms with van der Waals surface area (Å²) in [5.74, 6) is 0.0530. The topological polar surface area (TPSA) is 121 Å². The van der Waals surface area contributed by atoms with Gasteiger partial charge >= 0.3 is 5.91 Å². The van der Waals surface area contributed by atoms with Gasteiger partial charge in [-0.05, 0) is 55.8 Å². The number of aromatic nitrogens is 1. The highest BCUT2D eigenvalue weighted by Crippen LogP contribution is 2.47. The van der Waals surface area contributed by atoms with Crippen LogP contribution in [0.15, 0.2) is 52.6 Å². The van der Waals surface area contributed by atoms with Gasteiger partial charge in [0.2, 0.25) is 5.75 Å². The second-order valence-corrected chi connectivity index (χ2v) is 7.88. The zero-order chi connectivity index (χ0) is 26.0. The molecule has 0 bridgehead atoms. The lowest BCUT2D eigenvalue weighted by Gasteiger charge is -2.24. The molecular weight excluding hydrogens is 468 g/mol. The van der Waals surface area contributed by atoms with Gasteiger partial charge in [0.15, 0.2) is 17.3 Å². The molecule has 4 rings (SSSR count). The minimum atomic E-state index is -1.06. The standard InChI is InChI=1S/C26H26N2O8/c1-6-35-17-9-7-15(8-10-17)23(29)21-22(16-12-18(32-3)25(34-5)19(13-16)33-4)28(26(31)24(21)30)20-11-14(2)36-27-20/h7-13,22,29H,6H2,1-5H3/t22-/m1/s1. The normalized spacial score (nSPS) is 16.8. The Morgan fingerprint density at radius 3 is 2.17 bits per heavy atom. The minimum Gasteiger partial charge on any atom is -0.507 e. The molecule has 10 nitrogen and oxygen atoms in total. The molecular formula is C26H26N2O8. The fourth-order valence-corrected chi connectivity index (χ4v) is 4.14. The largest absolute Gasteiger partial charge is 0.507 e. The molecule has 10 heteroatoms. The molecule has 1 fully saturated rings. The van der Waals surface area contributed by atoms with Crippen molar-refractivity contribution in [3.8, 4) is 23.0 Å². The van der Waals surface area contributed by atoms with Crippen molar-refractivity contribution >= 4 is 23.3 Å². The van der Waals surface area contributed by atoms with E-state index in [1.165, 1.54) is 32.3 Å². The summed E-state index contributed by atoms with van der Waals surface area (Å²) in [5.41, 5.74) is 0.640. The number of Topliss-reactive ketones (excluding diaryl/α,β-unsaturated/α-hetero) is 1. The summed E-state index contributed by atoms with van der Waals surface area (Å²) in [6, 6.07) is 10.3. The Hall–Kier alpha value is -4.47. The lowest BCUT2D eigenvalue weighted by Crippen LogP contribution is -2.29. The van der Waals surface area contributed by atoms with Crippen molar-refractivity contribution in [3.63, 3.8) is 0 Å². The average molecular weight is 495 g/mol. The zero-order valence-corrected chi connectivity index (χ0v) is 20.5. The average Bonchev–Trinajstić information content (AvgIpc) is 3.43. The maximum atomic E-state index is 13.3. The van der Waals surface area contributed by atoms with Crippen molar-refractivity contribution in [1.82, 2.24) is 5.16 Å². The molecule has 0 aliphatic carbocycles. The number of nitrogens with zero attached hydrogens (tertiary/aromatic N) is 2. The lowest BCUT2D eigenvalue weighted by molar-refractivity contribution is -0.132. The third kappa shape index (κ3) is 4.21. The van der Waals surface area contributed by atoms with Gasteiger partial charge in [-0.1, -0.05) is 5.16 Å². The van der Waals surface area contributed by atoms with E-state index in [9.17, 15) is 14.7 Å². The summed E-state index contributed by atoms with van der Waals surface area (Å²) in [7, 11) is 4.38. The monoisotopic (exact) mass is 494 g/mol. The first-order valence-corrected chi connectivity index (χ1v) is 11.1. The van der Waals surface area contributed by atoms with E-state index < -0.39 is 17.7 Å². The van der Waals surface area contributed by atoms with E-state index in [0.717, 1.165) is 0 Å². The smallest absolute Gasteiger partial charge is 0.301 e. The highest BCUT2D eigenvalue weighted by molar-refractivity contribution is 6.51. The SMILES string of the molecule is CCOc1ccc(C(O)=C2C(=O)C(=O)N(c3cc(C)on3)[C@@H]2c2cc(OC)c(OC)c(OC)c2)cc1. The predicted molar refractivity (Wildman–Crippen MR) is 130 cm³/mol. The highest BCUT2D eigenvalue weighted by atomic mass is 16.5. The quantitative estimate of drug-likeness (QED) is 0.281. The summed E-state index contributed by atoms with van der Waals surface area (Å²) >= 11 is 0. The molecule has 0 radical (unpaired) electrons. The van der Waals surface area contributed by atoms with E-state index in [1.807, 2.05) is 6.92 Å². The van der Waals surface area contributed by atoms with E-state index >= 15 is 0 Å². The third-order valence-electron chi connectivity index (χ3n) is 5.75. The van der Waals surface area contributed by atoms with Gasteiger partial charge in [-0.2, -0.15) is 0 Å². The summed E-state index contributed by atoms with van der Waals surface area (Å²) in [6.07, 6.45) is 0. The highest BCUT2D eigenvalue weighted by Gasteiger charge is 2.48. The number of methoxy groups -OCH3 is 3. The van der Waals surface area contributed by atoms with Crippen molar-refractivity contribution in [2.45, 2.75) is 19.9 Å². The van der Waals surface area contributed by atoms with E-state index in [0.29, 0.717) is 46.5 Å². The van der Waals surface area contributed by atoms with Crippen LogP contribution in [0.1, 0.15) is 29.9 Å². The third-order valence-corrected chi connectivity index (χ3v) is 5.75. The van der Waals surface area contributed by atoms with Gasteiger partial charge in [0.25, 0.3) is 5.78 Å². The molecule has 1 aliphatic rings. The number of anilines is 1. The molecule has 2 aromatic carbocycles. The number of carbonyl (C=O) groups is 2. The maximum absolute atomic E-state index is 13.3. The lowest BCUT2D eigenvalue weighted by atomic mass is 9.94. The Morgan fingerprint density at radius 1 is 1.03 bits per heavy atom. The van der Waals surface area contributed by atoms with Crippen LogP contribution >= 0.6 is 0 Å². The molecule has 1 amide bonds. The number of aliphatic hydroxyl groups excluding tert-OH is 1. The number of hydrogen-bond donors (Lipinski definition) is 1. The molecule has 1 N–H and O–H groups in total. The van der Waals surface area contributed by atoms with Crippen LogP contribution < -0.4 is 23.8 Å². The summed E-state index contributed by atoms with van der Waals surface area (Å²) in [4.78, 5) is 27.8. The number of aryl methyl sites for hydroxylation is 1. The number of benzene rings is 2. The number of carbonyl (C=O) groups excluding carboxylic acids is 2. The van der Waals surface area contributed by atoms with Crippen LogP contribution in [0.5, 0.6) is 23.0 Å². The van der Waals surface area contributed by atoms with Crippen molar-refractivity contribution in [2.75, 3.05) is 32.8 Å². The van der Waals surface area contributed by atoms with Gasteiger partial charge in [-0.25, -0.2) is 0 Å².